The lowest BCUT2D eigenvalue weighted by Gasteiger charge is -1.94. The molecule has 0 saturated heterocycles. The summed E-state index contributed by atoms with van der Waals surface area (Å²) in [5.41, 5.74) is 1.61. The van der Waals surface area contributed by atoms with Crippen molar-refractivity contribution in [2.24, 2.45) is 0 Å². The largest absolute Gasteiger partial charge is 0.296 e. The fourth-order valence-corrected chi connectivity index (χ4v) is 0.770. The first-order valence-electron chi connectivity index (χ1n) is 3.10. The number of carbonyl (C=O) groups excluding carboxylic acids is 1. The molecule has 0 saturated carbocycles. The minimum absolute atomic E-state index is 0.393. The first-order valence-corrected chi connectivity index (χ1v) is 3.10. The molecule has 0 spiro atoms. The van der Waals surface area contributed by atoms with Crippen LogP contribution in [0, 0.1) is 18.3 Å². The number of rotatable bonds is 1. The van der Waals surface area contributed by atoms with Crippen LogP contribution in [0.4, 0.5) is 0 Å². The van der Waals surface area contributed by atoms with Crippen molar-refractivity contribution < 1.29 is 4.79 Å². The predicted molar refractivity (Wildman–Crippen MR) is 39.1 cm³/mol. The fourth-order valence-electron chi connectivity index (χ4n) is 0.770. The lowest BCUT2D eigenvalue weighted by atomic mass is 10.2. The minimum Gasteiger partial charge on any atom is -0.296 e. The molecule has 54 valence electrons. The highest BCUT2D eigenvalue weighted by Crippen LogP contribution is 2.03. The highest BCUT2D eigenvalue weighted by Gasteiger charge is 1.98. The summed E-state index contributed by atoms with van der Waals surface area (Å²) in [7, 11) is 0. The molecule has 0 radical (unpaired) electrons. The SMILES string of the molecule is Cc1cc(C#N)cnc1C=O. The second kappa shape index (κ2) is 2.93. The standard InChI is InChI=1S/C8H6N2O/c1-6-2-7(3-9)4-10-8(6)5-11/h2,4-5H,1H3. The zero-order valence-electron chi connectivity index (χ0n) is 6.03. The van der Waals surface area contributed by atoms with E-state index in [4.69, 9.17) is 5.26 Å². The Bertz CT molecular complexity index is 325. The van der Waals surface area contributed by atoms with E-state index in [1.54, 1.807) is 13.0 Å². The smallest absolute Gasteiger partial charge is 0.168 e. The van der Waals surface area contributed by atoms with Gasteiger partial charge in [0, 0.05) is 6.20 Å². The Morgan fingerprint density at radius 1 is 1.73 bits per heavy atom. The molecule has 1 rings (SSSR count). The number of nitriles is 1. The van der Waals surface area contributed by atoms with Crippen molar-refractivity contribution in [3.63, 3.8) is 0 Å². The third-order valence-electron chi connectivity index (χ3n) is 1.36. The van der Waals surface area contributed by atoms with Crippen LogP contribution in [0.25, 0.3) is 0 Å². The molecule has 0 aliphatic heterocycles. The van der Waals surface area contributed by atoms with Crippen LogP contribution in [-0.2, 0) is 0 Å². The monoisotopic (exact) mass is 146 g/mol. The van der Waals surface area contributed by atoms with E-state index >= 15 is 0 Å². The molecule has 0 aliphatic rings. The van der Waals surface area contributed by atoms with E-state index in [2.05, 4.69) is 4.98 Å². The number of aryl methyl sites for hydroxylation is 1. The molecule has 1 aromatic rings. The van der Waals surface area contributed by atoms with Gasteiger partial charge in [0.15, 0.2) is 6.29 Å². The van der Waals surface area contributed by atoms with E-state index in [0.717, 1.165) is 5.56 Å². The average Bonchev–Trinajstić information content (AvgIpc) is 2.04. The summed E-state index contributed by atoms with van der Waals surface area (Å²) in [4.78, 5) is 14.1. The molecule has 3 heteroatoms. The van der Waals surface area contributed by atoms with Crippen LogP contribution in [0.2, 0.25) is 0 Å². The summed E-state index contributed by atoms with van der Waals surface area (Å²) in [6.07, 6.45) is 2.06. The van der Waals surface area contributed by atoms with Gasteiger partial charge in [-0.25, -0.2) is 0 Å². The molecule has 3 nitrogen and oxygen atoms in total. The van der Waals surface area contributed by atoms with Crippen molar-refractivity contribution in [1.82, 2.24) is 4.98 Å². The normalized spacial score (nSPS) is 8.73. The van der Waals surface area contributed by atoms with Gasteiger partial charge < -0.3 is 0 Å². The zero-order chi connectivity index (χ0) is 8.27. The quantitative estimate of drug-likeness (QED) is 0.557. The maximum absolute atomic E-state index is 10.3. The molecule has 0 aromatic carbocycles. The molecule has 0 amide bonds. The Balaban J connectivity index is 3.22. The molecular weight excluding hydrogens is 140 g/mol. The number of hydrogen-bond donors (Lipinski definition) is 0. The van der Waals surface area contributed by atoms with Crippen LogP contribution in [0.5, 0.6) is 0 Å². The predicted octanol–water partition coefficient (Wildman–Crippen LogP) is 1.07. The molecular formula is C8H6N2O. The van der Waals surface area contributed by atoms with Crippen molar-refractivity contribution in [3.8, 4) is 6.07 Å². The van der Waals surface area contributed by atoms with Crippen molar-refractivity contribution in [2.45, 2.75) is 6.92 Å². The van der Waals surface area contributed by atoms with Gasteiger partial charge in [-0.1, -0.05) is 0 Å². The summed E-state index contributed by atoms with van der Waals surface area (Å²) in [6, 6.07) is 3.58. The maximum atomic E-state index is 10.3. The number of nitrogens with zero attached hydrogens (tertiary/aromatic N) is 2. The third-order valence-corrected chi connectivity index (χ3v) is 1.36. The number of hydrogen-bond acceptors (Lipinski definition) is 3. The lowest BCUT2D eigenvalue weighted by molar-refractivity contribution is 0.111. The van der Waals surface area contributed by atoms with E-state index in [-0.39, 0.29) is 0 Å². The minimum atomic E-state index is 0.393. The summed E-state index contributed by atoms with van der Waals surface area (Å²) in [5, 5.41) is 8.45. The van der Waals surface area contributed by atoms with Gasteiger partial charge in [0.1, 0.15) is 11.8 Å². The van der Waals surface area contributed by atoms with Crippen LogP contribution in [0.1, 0.15) is 21.6 Å². The number of aldehydes is 1. The zero-order valence-corrected chi connectivity index (χ0v) is 6.03. The molecule has 1 heterocycles. The number of carbonyl (C=O) groups is 1. The Morgan fingerprint density at radius 3 is 2.91 bits per heavy atom. The summed E-state index contributed by atoms with van der Waals surface area (Å²) >= 11 is 0. The number of pyridine rings is 1. The average molecular weight is 146 g/mol. The Hall–Kier alpha value is -1.69. The van der Waals surface area contributed by atoms with E-state index in [1.807, 2.05) is 6.07 Å². The molecule has 0 atom stereocenters. The van der Waals surface area contributed by atoms with E-state index in [9.17, 15) is 4.79 Å². The topological polar surface area (TPSA) is 53.8 Å². The lowest BCUT2D eigenvalue weighted by Crippen LogP contribution is -1.91. The van der Waals surface area contributed by atoms with Crippen LogP contribution in [-0.4, -0.2) is 11.3 Å². The first kappa shape index (κ1) is 7.42. The van der Waals surface area contributed by atoms with Gasteiger partial charge in [0.2, 0.25) is 0 Å². The molecule has 1 aromatic heterocycles. The van der Waals surface area contributed by atoms with Crippen molar-refractivity contribution in [1.29, 1.82) is 5.26 Å². The highest BCUT2D eigenvalue weighted by molar-refractivity contribution is 5.74. The summed E-state index contributed by atoms with van der Waals surface area (Å²) in [6.45, 7) is 1.75. The van der Waals surface area contributed by atoms with Gasteiger partial charge >= 0.3 is 0 Å². The Kier molecular flexibility index (Phi) is 1.98. The van der Waals surface area contributed by atoms with E-state index in [0.29, 0.717) is 17.5 Å². The maximum Gasteiger partial charge on any atom is 0.168 e. The van der Waals surface area contributed by atoms with Gasteiger partial charge in [-0.05, 0) is 18.6 Å². The molecule has 0 fully saturated rings. The van der Waals surface area contributed by atoms with Gasteiger partial charge in [0.05, 0.1) is 5.56 Å². The molecule has 0 bridgehead atoms. The fraction of sp³-hybridized carbons (Fsp3) is 0.125. The Morgan fingerprint density at radius 2 is 2.45 bits per heavy atom. The van der Waals surface area contributed by atoms with Gasteiger partial charge in [-0.3, -0.25) is 9.78 Å². The summed E-state index contributed by atoms with van der Waals surface area (Å²) in [5.74, 6) is 0. The Labute approximate surface area is 64.3 Å². The van der Waals surface area contributed by atoms with Crippen molar-refractivity contribution in [3.05, 3.63) is 29.1 Å². The third kappa shape index (κ3) is 1.41. The highest BCUT2D eigenvalue weighted by atomic mass is 16.1. The van der Waals surface area contributed by atoms with E-state index in [1.165, 1.54) is 6.20 Å². The van der Waals surface area contributed by atoms with Gasteiger partial charge in [0.25, 0.3) is 0 Å². The molecule has 0 unspecified atom stereocenters. The van der Waals surface area contributed by atoms with Gasteiger partial charge in [-0.2, -0.15) is 5.26 Å². The van der Waals surface area contributed by atoms with Crippen LogP contribution in [0.3, 0.4) is 0 Å². The second-order valence-electron chi connectivity index (χ2n) is 2.16. The second-order valence-corrected chi connectivity index (χ2v) is 2.16. The molecule has 11 heavy (non-hydrogen) atoms. The van der Waals surface area contributed by atoms with Crippen LogP contribution < -0.4 is 0 Å². The van der Waals surface area contributed by atoms with Gasteiger partial charge in [-0.15, -0.1) is 0 Å². The van der Waals surface area contributed by atoms with Crippen LogP contribution in [0.15, 0.2) is 12.3 Å². The first-order chi connectivity index (χ1) is 5.27. The van der Waals surface area contributed by atoms with Crippen molar-refractivity contribution in [2.75, 3.05) is 0 Å². The van der Waals surface area contributed by atoms with Crippen molar-refractivity contribution >= 4 is 6.29 Å². The summed E-state index contributed by atoms with van der Waals surface area (Å²) < 4.78 is 0. The van der Waals surface area contributed by atoms with Crippen LogP contribution >= 0.6 is 0 Å². The van der Waals surface area contributed by atoms with E-state index < -0.39 is 0 Å². The molecule has 0 N–H and O–H groups in total. The number of aromatic nitrogens is 1. The molecule has 0 aliphatic carbocycles.